The molecule has 1 N–H and O–H groups in total. The van der Waals surface area contributed by atoms with E-state index in [1.54, 1.807) is 19.2 Å². The van der Waals surface area contributed by atoms with Crippen LogP contribution in [0.1, 0.15) is 11.4 Å². The molecule has 0 spiro atoms. The molecular formula is C12H12FN3O2S. The van der Waals surface area contributed by atoms with Gasteiger partial charge in [0.05, 0.1) is 0 Å². The summed E-state index contributed by atoms with van der Waals surface area (Å²) in [4.78, 5) is 16.4. The lowest BCUT2D eigenvalue weighted by Crippen LogP contribution is -2.24. The van der Waals surface area contributed by atoms with Crippen molar-refractivity contribution in [3.05, 3.63) is 41.5 Å². The van der Waals surface area contributed by atoms with Crippen LogP contribution >= 0.6 is 11.5 Å². The highest BCUT2D eigenvalue weighted by Crippen LogP contribution is 2.17. The summed E-state index contributed by atoms with van der Waals surface area (Å²) < 4.78 is 16.9. The molecule has 1 aromatic carbocycles. The first-order valence-electron chi connectivity index (χ1n) is 5.54. The van der Waals surface area contributed by atoms with Gasteiger partial charge in [-0.05, 0) is 17.7 Å². The maximum absolute atomic E-state index is 12.8. The van der Waals surface area contributed by atoms with Crippen LogP contribution in [-0.4, -0.2) is 34.0 Å². The van der Waals surface area contributed by atoms with E-state index < -0.39 is 5.97 Å². The lowest BCUT2D eigenvalue weighted by Gasteiger charge is -2.10. The second kappa shape index (κ2) is 5.75. The molecule has 0 radical (unpaired) electrons. The van der Waals surface area contributed by atoms with Gasteiger partial charge in [0.1, 0.15) is 18.2 Å². The number of aromatic nitrogens is 2. The predicted molar refractivity (Wildman–Crippen MR) is 70.0 cm³/mol. The second-order valence-electron chi connectivity index (χ2n) is 4.05. The summed E-state index contributed by atoms with van der Waals surface area (Å²) in [7, 11) is 1.65. The highest BCUT2D eigenvalue weighted by atomic mass is 32.1. The molecular weight excluding hydrogens is 269 g/mol. The molecule has 0 unspecified atom stereocenters. The zero-order valence-electron chi connectivity index (χ0n) is 10.2. The number of likely N-dealkylation sites (N-methyl/N-ethyl adjacent to an activating group) is 1. The average molecular weight is 281 g/mol. The maximum Gasteiger partial charge on any atom is 0.323 e. The van der Waals surface area contributed by atoms with E-state index in [0.29, 0.717) is 17.4 Å². The number of rotatable bonds is 5. The number of carbonyl (C=O) groups is 1. The van der Waals surface area contributed by atoms with Gasteiger partial charge in [-0.2, -0.15) is 4.37 Å². The smallest absolute Gasteiger partial charge is 0.323 e. The summed E-state index contributed by atoms with van der Waals surface area (Å²) in [5, 5.41) is 9.25. The zero-order chi connectivity index (χ0) is 13.8. The van der Waals surface area contributed by atoms with E-state index in [1.165, 1.54) is 17.0 Å². The minimum Gasteiger partial charge on any atom is -0.480 e. The van der Waals surface area contributed by atoms with Crippen molar-refractivity contribution in [2.45, 2.75) is 6.42 Å². The molecule has 2 aromatic rings. The molecule has 0 aliphatic heterocycles. The Morgan fingerprint density at radius 2 is 2.11 bits per heavy atom. The number of hydrogen-bond donors (Lipinski definition) is 1. The highest BCUT2D eigenvalue weighted by molar-refractivity contribution is 7.09. The quantitative estimate of drug-likeness (QED) is 0.905. The number of nitrogens with zero attached hydrogens (tertiary/aromatic N) is 3. The maximum atomic E-state index is 12.8. The fourth-order valence-corrected chi connectivity index (χ4v) is 2.17. The summed E-state index contributed by atoms with van der Waals surface area (Å²) in [6.45, 7) is -0.120. The van der Waals surface area contributed by atoms with Gasteiger partial charge in [0.25, 0.3) is 0 Å². The van der Waals surface area contributed by atoms with Crippen LogP contribution in [-0.2, 0) is 11.2 Å². The number of aliphatic carboxylic acids is 1. The zero-order valence-corrected chi connectivity index (χ0v) is 11.0. The highest BCUT2D eigenvalue weighted by Gasteiger charge is 2.11. The molecule has 19 heavy (non-hydrogen) atoms. The summed E-state index contributed by atoms with van der Waals surface area (Å²) in [6.07, 6.45) is 0.498. The van der Waals surface area contributed by atoms with Crippen molar-refractivity contribution in [1.29, 1.82) is 0 Å². The fraction of sp³-hybridized carbons (Fsp3) is 0.250. The molecule has 0 amide bonds. The van der Waals surface area contributed by atoms with E-state index in [-0.39, 0.29) is 12.4 Å². The van der Waals surface area contributed by atoms with Crippen LogP contribution in [0.4, 0.5) is 9.52 Å². The SMILES string of the molecule is CN(CC(=O)O)c1nc(Cc2ccc(F)cc2)ns1. The Hall–Kier alpha value is -2.02. The first-order valence-corrected chi connectivity index (χ1v) is 6.32. The van der Waals surface area contributed by atoms with Crippen LogP contribution in [0, 0.1) is 5.82 Å². The van der Waals surface area contributed by atoms with Gasteiger partial charge in [-0.25, -0.2) is 9.37 Å². The molecule has 2 rings (SSSR count). The van der Waals surface area contributed by atoms with Crippen LogP contribution in [0.5, 0.6) is 0 Å². The van der Waals surface area contributed by atoms with Crippen molar-refractivity contribution in [3.8, 4) is 0 Å². The van der Waals surface area contributed by atoms with E-state index in [9.17, 15) is 9.18 Å². The Balaban J connectivity index is 2.04. The van der Waals surface area contributed by atoms with E-state index in [0.717, 1.165) is 17.1 Å². The van der Waals surface area contributed by atoms with E-state index in [1.807, 2.05) is 0 Å². The summed E-state index contributed by atoms with van der Waals surface area (Å²) in [5.74, 6) is -0.599. The lowest BCUT2D eigenvalue weighted by atomic mass is 10.1. The van der Waals surface area contributed by atoms with Gasteiger partial charge in [0.15, 0.2) is 0 Å². The molecule has 0 atom stereocenters. The largest absolute Gasteiger partial charge is 0.480 e. The van der Waals surface area contributed by atoms with Crippen molar-refractivity contribution in [1.82, 2.24) is 9.36 Å². The first kappa shape index (κ1) is 13.4. The monoisotopic (exact) mass is 281 g/mol. The van der Waals surface area contributed by atoms with Crippen LogP contribution in [0.25, 0.3) is 0 Å². The van der Waals surface area contributed by atoms with Crippen molar-refractivity contribution >= 4 is 22.6 Å². The third-order valence-electron chi connectivity index (χ3n) is 2.43. The van der Waals surface area contributed by atoms with Crippen molar-refractivity contribution in [2.75, 3.05) is 18.5 Å². The van der Waals surface area contributed by atoms with E-state index >= 15 is 0 Å². The Morgan fingerprint density at radius 3 is 2.74 bits per heavy atom. The molecule has 0 saturated carbocycles. The summed E-state index contributed by atoms with van der Waals surface area (Å²) >= 11 is 1.15. The van der Waals surface area contributed by atoms with Crippen LogP contribution in [0.15, 0.2) is 24.3 Å². The number of halogens is 1. The lowest BCUT2D eigenvalue weighted by molar-refractivity contribution is -0.135. The number of hydrogen-bond acceptors (Lipinski definition) is 5. The Kier molecular flexibility index (Phi) is 4.06. The Morgan fingerprint density at radius 1 is 1.42 bits per heavy atom. The molecule has 0 aliphatic rings. The molecule has 0 saturated heterocycles. The van der Waals surface area contributed by atoms with E-state index in [4.69, 9.17) is 5.11 Å². The van der Waals surface area contributed by atoms with Gasteiger partial charge >= 0.3 is 5.97 Å². The molecule has 0 aliphatic carbocycles. The molecule has 7 heteroatoms. The van der Waals surface area contributed by atoms with Gasteiger partial charge in [-0.1, -0.05) is 12.1 Å². The van der Waals surface area contributed by atoms with Crippen LogP contribution in [0.3, 0.4) is 0 Å². The third-order valence-corrected chi connectivity index (χ3v) is 3.30. The molecule has 5 nitrogen and oxygen atoms in total. The van der Waals surface area contributed by atoms with E-state index in [2.05, 4.69) is 9.36 Å². The fourth-order valence-electron chi connectivity index (χ4n) is 1.53. The number of benzene rings is 1. The number of anilines is 1. The van der Waals surface area contributed by atoms with Gasteiger partial charge in [0, 0.05) is 25.0 Å². The molecule has 1 aromatic heterocycles. The molecule has 0 bridgehead atoms. The molecule has 100 valence electrons. The second-order valence-corrected chi connectivity index (χ2v) is 4.78. The van der Waals surface area contributed by atoms with Gasteiger partial charge in [-0.3, -0.25) is 4.79 Å². The van der Waals surface area contributed by atoms with Crippen LogP contribution in [0.2, 0.25) is 0 Å². The Labute approximate surface area is 113 Å². The van der Waals surface area contributed by atoms with Crippen LogP contribution < -0.4 is 4.90 Å². The topological polar surface area (TPSA) is 66.3 Å². The number of carboxylic acid groups (broad SMARTS) is 1. The van der Waals surface area contributed by atoms with Crippen molar-refractivity contribution in [3.63, 3.8) is 0 Å². The predicted octanol–water partition coefficient (Wildman–Crippen LogP) is 1.79. The van der Waals surface area contributed by atoms with Gasteiger partial charge in [0.2, 0.25) is 5.13 Å². The minimum atomic E-state index is -0.919. The minimum absolute atomic E-state index is 0.120. The first-order chi connectivity index (χ1) is 9.04. The van der Waals surface area contributed by atoms with Gasteiger partial charge < -0.3 is 10.0 Å². The number of carboxylic acids is 1. The standard InChI is InChI=1S/C12H12FN3O2S/c1-16(7-11(17)18)12-14-10(15-19-12)6-8-2-4-9(13)5-3-8/h2-5H,6-7H2,1H3,(H,17,18). The third kappa shape index (κ3) is 3.72. The summed E-state index contributed by atoms with van der Waals surface area (Å²) in [5.41, 5.74) is 0.909. The van der Waals surface area contributed by atoms with Crippen molar-refractivity contribution < 1.29 is 14.3 Å². The van der Waals surface area contributed by atoms with Crippen molar-refractivity contribution in [2.24, 2.45) is 0 Å². The average Bonchev–Trinajstić information content (AvgIpc) is 2.80. The Bertz CT molecular complexity index is 571. The summed E-state index contributed by atoms with van der Waals surface area (Å²) in [6, 6.07) is 6.13. The van der Waals surface area contributed by atoms with Gasteiger partial charge in [-0.15, -0.1) is 0 Å². The molecule has 0 fully saturated rings. The molecule has 1 heterocycles. The normalized spacial score (nSPS) is 10.4.